The second kappa shape index (κ2) is 7.00. The summed E-state index contributed by atoms with van der Waals surface area (Å²) in [4.78, 5) is 0. The number of hydrogen-bond donors (Lipinski definition) is 2. The highest BCUT2D eigenvalue weighted by Gasteiger charge is 2.30. The molecule has 2 nitrogen and oxygen atoms in total. The lowest BCUT2D eigenvalue weighted by Crippen LogP contribution is -2.45. The van der Waals surface area contributed by atoms with Crippen molar-refractivity contribution in [1.29, 1.82) is 0 Å². The molecule has 2 aromatic rings. The molecule has 2 aromatic carbocycles. The predicted molar refractivity (Wildman–Crippen MR) is 103 cm³/mol. The highest BCUT2D eigenvalue weighted by atomic mass is 32.1. The normalized spacial score (nSPS) is 21.2. The molecule has 26 heavy (non-hydrogen) atoms. The zero-order chi connectivity index (χ0) is 18.1. The van der Waals surface area contributed by atoms with Gasteiger partial charge in [-0.05, 0) is 84.1 Å². The molecule has 2 aliphatic rings. The first-order valence-corrected chi connectivity index (χ1v) is 9.03. The van der Waals surface area contributed by atoms with Crippen LogP contribution in [0.5, 0.6) is 0 Å². The molecule has 5 heteroatoms. The van der Waals surface area contributed by atoms with E-state index in [4.69, 9.17) is 12.2 Å². The van der Waals surface area contributed by atoms with Gasteiger partial charge >= 0.3 is 0 Å². The number of hydrogen-bond acceptors (Lipinski definition) is 1. The fourth-order valence-electron chi connectivity index (χ4n) is 3.59. The van der Waals surface area contributed by atoms with Crippen LogP contribution in [0.15, 0.2) is 65.4 Å². The van der Waals surface area contributed by atoms with Crippen molar-refractivity contribution in [2.45, 2.75) is 25.3 Å². The summed E-state index contributed by atoms with van der Waals surface area (Å²) in [6.45, 7) is 0. The Morgan fingerprint density at radius 3 is 2.27 bits per heavy atom. The van der Waals surface area contributed by atoms with E-state index in [9.17, 15) is 8.78 Å². The Labute approximate surface area is 156 Å². The molecule has 132 valence electrons. The monoisotopic (exact) mass is 368 g/mol. The summed E-state index contributed by atoms with van der Waals surface area (Å²) in [5, 5.41) is 7.16. The van der Waals surface area contributed by atoms with Gasteiger partial charge in [-0.15, -0.1) is 0 Å². The number of halogens is 2. The van der Waals surface area contributed by atoms with Crippen molar-refractivity contribution < 1.29 is 8.78 Å². The van der Waals surface area contributed by atoms with E-state index in [-0.39, 0.29) is 17.7 Å². The van der Waals surface area contributed by atoms with Crippen LogP contribution in [0.3, 0.4) is 0 Å². The van der Waals surface area contributed by atoms with Crippen LogP contribution in [-0.2, 0) is 0 Å². The van der Waals surface area contributed by atoms with Gasteiger partial charge in [0.25, 0.3) is 0 Å². The number of allylic oxidation sites excluding steroid dienone is 1. The molecule has 2 N–H and O–H groups in total. The number of rotatable bonds is 2. The molecule has 0 bridgehead atoms. The summed E-state index contributed by atoms with van der Waals surface area (Å²) in [6.07, 6.45) is 4.99. The third-order valence-corrected chi connectivity index (χ3v) is 5.03. The third kappa shape index (κ3) is 3.40. The Morgan fingerprint density at radius 1 is 0.923 bits per heavy atom. The summed E-state index contributed by atoms with van der Waals surface area (Å²) >= 11 is 5.40. The summed E-state index contributed by atoms with van der Waals surface area (Å²) in [6, 6.07) is 12.9. The number of benzene rings is 2. The molecule has 1 aliphatic heterocycles. The predicted octanol–water partition coefficient (Wildman–Crippen LogP) is 5.01. The van der Waals surface area contributed by atoms with E-state index in [0.717, 1.165) is 41.7 Å². The minimum Gasteiger partial charge on any atom is -0.352 e. The van der Waals surface area contributed by atoms with Crippen molar-refractivity contribution in [2.75, 3.05) is 0 Å². The summed E-state index contributed by atoms with van der Waals surface area (Å²) in [7, 11) is 0. The molecule has 1 atom stereocenters. The molecule has 0 saturated heterocycles. The van der Waals surface area contributed by atoms with Gasteiger partial charge in [-0.1, -0.05) is 24.3 Å². The average molecular weight is 368 g/mol. The SMILES string of the molecule is Fc1ccc(/C=C2/CCCC3=C2NC(=S)N[C@@H]3c2ccc(F)cc2)cc1. The van der Waals surface area contributed by atoms with E-state index in [1.54, 1.807) is 24.3 Å². The van der Waals surface area contributed by atoms with Gasteiger partial charge in [0.1, 0.15) is 11.6 Å². The molecular formula is C21H18F2N2S. The van der Waals surface area contributed by atoms with Crippen LogP contribution in [-0.4, -0.2) is 5.11 Å². The first-order valence-electron chi connectivity index (χ1n) is 8.63. The first-order chi connectivity index (χ1) is 12.6. The minimum absolute atomic E-state index is 0.0590. The van der Waals surface area contributed by atoms with Crippen molar-refractivity contribution in [1.82, 2.24) is 10.6 Å². The van der Waals surface area contributed by atoms with Crippen LogP contribution in [0.2, 0.25) is 0 Å². The summed E-state index contributed by atoms with van der Waals surface area (Å²) < 4.78 is 26.4. The lowest BCUT2D eigenvalue weighted by molar-refractivity contribution is 0.602. The van der Waals surface area contributed by atoms with Crippen LogP contribution < -0.4 is 10.6 Å². The van der Waals surface area contributed by atoms with E-state index in [1.165, 1.54) is 29.8 Å². The molecule has 1 aliphatic carbocycles. The van der Waals surface area contributed by atoms with E-state index < -0.39 is 0 Å². The molecular weight excluding hydrogens is 350 g/mol. The molecule has 0 aromatic heterocycles. The maximum absolute atomic E-state index is 13.3. The molecule has 0 spiro atoms. The van der Waals surface area contributed by atoms with Crippen LogP contribution in [0.4, 0.5) is 8.78 Å². The molecule has 4 rings (SSSR count). The molecule has 0 saturated carbocycles. The molecule has 0 radical (unpaired) electrons. The van der Waals surface area contributed by atoms with E-state index in [2.05, 4.69) is 16.7 Å². The van der Waals surface area contributed by atoms with Crippen molar-refractivity contribution in [3.8, 4) is 0 Å². The standard InChI is InChI=1S/C21H18F2N2S/c22-16-8-4-13(5-9-16)12-15-2-1-3-18-19(24-21(26)25-20(15)18)14-6-10-17(23)11-7-14/h4-12,19H,1-3H2,(H2,24,25,26)/b15-12-/t19-/m1/s1. The van der Waals surface area contributed by atoms with Gasteiger partial charge in [0.05, 0.1) is 6.04 Å². The van der Waals surface area contributed by atoms with Gasteiger partial charge in [0.2, 0.25) is 0 Å². The Kier molecular flexibility index (Phi) is 4.55. The van der Waals surface area contributed by atoms with Crippen LogP contribution >= 0.6 is 12.2 Å². The van der Waals surface area contributed by atoms with Crippen molar-refractivity contribution in [2.24, 2.45) is 0 Å². The smallest absolute Gasteiger partial charge is 0.171 e. The number of nitrogens with one attached hydrogen (secondary N) is 2. The zero-order valence-electron chi connectivity index (χ0n) is 14.1. The number of thiocarbonyl (C=S) groups is 1. The zero-order valence-corrected chi connectivity index (χ0v) is 14.9. The maximum atomic E-state index is 13.3. The van der Waals surface area contributed by atoms with Gasteiger partial charge in [-0.2, -0.15) is 0 Å². The second-order valence-corrected chi connectivity index (χ2v) is 6.97. The average Bonchev–Trinajstić information content (AvgIpc) is 2.64. The molecule has 1 heterocycles. The minimum atomic E-state index is -0.250. The van der Waals surface area contributed by atoms with Gasteiger partial charge in [0.15, 0.2) is 5.11 Å². The van der Waals surface area contributed by atoms with Crippen molar-refractivity contribution >= 4 is 23.4 Å². The Bertz CT molecular complexity index is 899. The first kappa shape index (κ1) is 16.9. The van der Waals surface area contributed by atoms with Crippen LogP contribution in [0.25, 0.3) is 6.08 Å². The summed E-state index contributed by atoms with van der Waals surface area (Å²) in [5.74, 6) is -0.492. The Hall–Kier alpha value is -2.53. The largest absolute Gasteiger partial charge is 0.352 e. The molecule has 0 unspecified atom stereocenters. The van der Waals surface area contributed by atoms with Gasteiger partial charge in [-0.3, -0.25) is 0 Å². The van der Waals surface area contributed by atoms with Gasteiger partial charge < -0.3 is 10.6 Å². The lowest BCUT2D eigenvalue weighted by Gasteiger charge is -2.36. The third-order valence-electron chi connectivity index (χ3n) is 4.81. The lowest BCUT2D eigenvalue weighted by atomic mass is 9.83. The fraction of sp³-hybridized carbons (Fsp3) is 0.190. The molecule has 0 fully saturated rings. The van der Waals surface area contributed by atoms with Crippen LogP contribution in [0.1, 0.15) is 36.4 Å². The Morgan fingerprint density at radius 2 is 1.58 bits per heavy atom. The maximum Gasteiger partial charge on any atom is 0.171 e. The van der Waals surface area contributed by atoms with Crippen molar-refractivity contribution in [3.63, 3.8) is 0 Å². The van der Waals surface area contributed by atoms with Gasteiger partial charge in [0, 0.05) is 5.70 Å². The van der Waals surface area contributed by atoms with Crippen LogP contribution in [0, 0.1) is 11.6 Å². The van der Waals surface area contributed by atoms with E-state index in [1.807, 2.05) is 0 Å². The van der Waals surface area contributed by atoms with Crippen molar-refractivity contribution in [3.05, 3.63) is 88.1 Å². The second-order valence-electron chi connectivity index (χ2n) is 6.56. The van der Waals surface area contributed by atoms with E-state index >= 15 is 0 Å². The quantitative estimate of drug-likeness (QED) is 0.729. The molecule has 0 amide bonds. The summed E-state index contributed by atoms with van der Waals surface area (Å²) in [5.41, 5.74) is 5.38. The van der Waals surface area contributed by atoms with E-state index in [0.29, 0.717) is 5.11 Å². The topological polar surface area (TPSA) is 24.1 Å². The fourth-order valence-corrected chi connectivity index (χ4v) is 3.81. The Balaban J connectivity index is 1.75. The van der Waals surface area contributed by atoms with Gasteiger partial charge in [-0.25, -0.2) is 8.78 Å². The highest BCUT2D eigenvalue weighted by molar-refractivity contribution is 7.80. The highest BCUT2D eigenvalue weighted by Crippen LogP contribution is 2.38.